The molecule has 0 spiro atoms. The van der Waals surface area contributed by atoms with Crippen LogP contribution in [0, 0.1) is 0 Å². The predicted molar refractivity (Wildman–Crippen MR) is 137 cm³/mol. The van der Waals surface area contributed by atoms with E-state index in [4.69, 9.17) is 19.9 Å². The molecule has 6 N–H and O–H groups in total. The monoisotopic (exact) mass is 563 g/mol. The Kier molecular flexibility index (Phi) is 7.89. The second-order valence-corrected chi connectivity index (χ2v) is 10.0. The number of aromatic hydroxyl groups is 1. The van der Waals surface area contributed by atoms with Crippen LogP contribution in [-0.4, -0.2) is 81.6 Å². The number of phenolic OH excluding ortho intramolecular Hbond substituents is 1. The lowest BCUT2D eigenvalue weighted by atomic mass is 9.72. The standard InChI is InChI=1S/C27H29NO10.ClH/c1-11-23(31)15(28)7-19(37-11)38-17-9-27(35,18(30)10-29)8-12-6-14-22(25(33)20(12)17)26(34)21-13(24(14)32)4-3-5-16(21)36-2;/h3-6,11,15,17,19,23,29,31,33,35H,7-10,28H2,1-2H3;1H. The van der Waals surface area contributed by atoms with Crippen LogP contribution in [0.15, 0.2) is 24.3 Å². The summed E-state index contributed by atoms with van der Waals surface area (Å²) in [7, 11) is 1.37. The molecule has 1 aliphatic heterocycles. The van der Waals surface area contributed by atoms with E-state index in [0.717, 1.165) is 0 Å². The van der Waals surface area contributed by atoms with Crippen molar-refractivity contribution < 1.29 is 49.0 Å². The zero-order chi connectivity index (χ0) is 27.5. The highest BCUT2D eigenvalue weighted by Gasteiger charge is 2.48. The first kappa shape index (κ1) is 29.1. The van der Waals surface area contributed by atoms with Crippen LogP contribution in [0.5, 0.6) is 11.5 Å². The maximum atomic E-state index is 13.6. The predicted octanol–water partition coefficient (Wildman–Crippen LogP) is 0.717. The summed E-state index contributed by atoms with van der Waals surface area (Å²) in [5.74, 6) is -2.35. The number of fused-ring (bicyclic) bond motifs is 3. The smallest absolute Gasteiger partial charge is 0.201 e. The second-order valence-electron chi connectivity index (χ2n) is 10.0. The molecule has 210 valence electrons. The molecule has 12 heteroatoms. The van der Waals surface area contributed by atoms with Crippen LogP contribution in [0.2, 0.25) is 0 Å². The average molecular weight is 564 g/mol. The third kappa shape index (κ3) is 4.63. The Balaban J connectivity index is 0.00000353. The molecule has 2 aromatic carbocycles. The Bertz CT molecular complexity index is 1330. The molecule has 39 heavy (non-hydrogen) atoms. The minimum atomic E-state index is -2.07. The summed E-state index contributed by atoms with van der Waals surface area (Å²) >= 11 is 0. The first-order valence-corrected chi connectivity index (χ1v) is 12.3. The molecule has 3 aliphatic rings. The van der Waals surface area contributed by atoms with E-state index in [2.05, 4.69) is 0 Å². The van der Waals surface area contributed by atoms with Crippen LogP contribution >= 0.6 is 12.4 Å². The van der Waals surface area contributed by atoms with Crippen molar-refractivity contribution in [3.05, 3.63) is 57.6 Å². The lowest BCUT2D eigenvalue weighted by molar-refractivity contribution is -0.247. The van der Waals surface area contributed by atoms with Gasteiger partial charge in [-0.25, -0.2) is 0 Å². The van der Waals surface area contributed by atoms with Crippen molar-refractivity contribution in [3.63, 3.8) is 0 Å². The lowest BCUT2D eigenvalue weighted by Crippen LogP contribution is -2.53. The Hall–Kier alpha value is -2.90. The number of aliphatic hydroxyl groups excluding tert-OH is 2. The molecule has 1 saturated heterocycles. The molecule has 11 nitrogen and oxygen atoms in total. The Morgan fingerprint density at radius 1 is 1.21 bits per heavy atom. The van der Waals surface area contributed by atoms with Gasteiger partial charge in [-0.1, -0.05) is 12.1 Å². The number of Topliss-reactive ketones (excluding diaryl/α,β-unsaturated/α-hetero) is 1. The van der Waals surface area contributed by atoms with Gasteiger partial charge in [-0.15, -0.1) is 12.4 Å². The van der Waals surface area contributed by atoms with Crippen molar-refractivity contribution in [3.8, 4) is 11.5 Å². The summed E-state index contributed by atoms with van der Waals surface area (Å²) in [6.45, 7) is 0.678. The molecule has 1 heterocycles. The minimum Gasteiger partial charge on any atom is -0.507 e. The Morgan fingerprint density at radius 3 is 2.56 bits per heavy atom. The number of ketones is 3. The molecule has 0 bridgehead atoms. The molecule has 6 atom stereocenters. The van der Waals surface area contributed by atoms with Gasteiger partial charge in [0.2, 0.25) is 5.78 Å². The van der Waals surface area contributed by atoms with E-state index < -0.39 is 66.0 Å². The molecule has 2 aromatic rings. The van der Waals surface area contributed by atoms with E-state index in [1.165, 1.54) is 25.3 Å². The van der Waals surface area contributed by atoms with Crippen LogP contribution < -0.4 is 10.5 Å². The lowest BCUT2D eigenvalue weighted by Gasteiger charge is -2.42. The van der Waals surface area contributed by atoms with E-state index in [9.17, 15) is 34.8 Å². The molecule has 0 aromatic heterocycles. The van der Waals surface area contributed by atoms with Crippen molar-refractivity contribution >= 4 is 29.8 Å². The number of carbonyl (C=O) groups excluding carboxylic acids is 3. The third-order valence-electron chi connectivity index (χ3n) is 7.67. The van der Waals surface area contributed by atoms with Crippen LogP contribution in [0.1, 0.15) is 68.8 Å². The highest BCUT2D eigenvalue weighted by Crippen LogP contribution is 2.48. The quantitative estimate of drug-likeness (QED) is 0.294. The zero-order valence-corrected chi connectivity index (χ0v) is 22.1. The van der Waals surface area contributed by atoms with Crippen LogP contribution in [0.3, 0.4) is 0 Å². The molecule has 0 amide bonds. The normalized spacial score (nSPS) is 29.5. The number of benzene rings is 2. The van der Waals surface area contributed by atoms with Crippen molar-refractivity contribution in [1.82, 2.24) is 0 Å². The fourth-order valence-corrected chi connectivity index (χ4v) is 5.68. The number of methoxy groups -OCH3 is 1. The van der Waals surface area contributed by atoms with E-state index >= 15 is 0 Å². The summed E-state index contributed by atoms with van der Waals surface area (Å²) in [5, 5.41) is 42.3. The summed E-state index contributed by atoms with van der Waals surface area (Å²) < 4.78 is 17.1. The van der Waals surface area contributed by atoms with Gasteiger partial charge in [0.1, 0.15) is 23.7 Å². The van der Waals surface area contributed by atoms with E-state index in [-0.39, 0.29) is 70.8 Å². The molecule has 2 aliphatic carbocycles. The fraction of sp³-hybridized carbons (Fsp3) is 0.444. The molecule has 5 rings (SSSR count). The van der Waals surface area contributed by atoms with E-state index in [0.29, 0.717) is 0 Å². The molecule has 0 saturated carbocycles. The number of phenols is 1. The summed E-state index contributed by atoms with van der Waals surface area (Å²) in [4.78, 5) is 39.6. The van der Waals surface area contributed by atoms with Crippen LogP contribution in [-0.2, 0) is 20.7 Å². The van der Waals surface area contributed by atoms with Gasteiger partial charge in [0.25, 0.3) is 0 Å². The number of aliphatic hydroxyl groups is 3. The van der Waals surface area contributed by atoms with Gasteiger partial charge in [0.05, 0.1) is 36.5 Å². The molecule has 0 radical (unpaired) electrons. The van der Waals surface area contributed by atoms with Gasteiger partial charge < -0.3 is 40.4 Å². The van der Waals surface area contributed by atoms with Gasteiger partial charge in [-0.2, -0.15) is 0 Å². The molecular formula is C27H30ClNO10. The van der Waals surface area contributed by atoms with Gasteiger partial charge in [-0.3, -0.25) is 14.4 Å². The highest BCUT2D eigenvalue weighted by atomic mass is 35.5. The first-order valence-electron chi connectivity index (χ1n) is 12.3. The molecule has 1 fully saturated rings. The number of halogens is 1. The minimum absolute atomic E-state index is 0. The topological polar surface area (TPSA) is 186 Å². The van der Waals surface area contributed by atoms with Gasteiger partial charge in [0.15, 0.2) is 17.9 Å². The highest BCUT2D eigenvalue weighted by molar-refractivity contribution is 6.30. The number of hydrogen-bond donors (Lipinski definition) is 5. The SMILES string of the molecule is COc1cccc2c1C(=O)c1c(cc3c(c1O)C(OC1CC(N)C(O)C(C)O1)CC(O)(C(=O)CO)C3)C2=O.Cl. The maximum absolute atomic E-state index is 13.6. The number of ether oxygens (including phenoxy) is 3. The van der Waals surface area contributed by atoms with E-state index in [1.807, 2.05) is 0 Å². The summed E-state index contributed by atoms with van der Waals surface area (Å²) in [6, 6.07) is 5.29. The number of rotatable bonds is 5. The van der Waals surface area contributed by atoms with Gasteiger partial charge >= 0.3 is 0 Å². The maximum Gasteiger partial charge on any atom is 0.201 e. The zero-order valence-electron chi connectivity index (χ0n) is 21.2. The van der Waals surface area contributed by atoms with Crippen LogP contribution in [0.4, 0.5) is 0 Å². The largest absolute Gasteiger partial charge is 0.507 e. The second kappa shape index (κ2) is 10.6. The van der Waals surface area contributed by atoms with Crippen molar-refractivity contribution in [2.45, 2.75) is 62.4 Å². The van der Waals surface area contributed by atoms with Crippen molar-refractivity contribution in [2.24, 2.45) is 5.73 Å². The summed E-state index contributed by atoms with van der Waals surface area (Å²) in [6.07, 6.45) is -4.36. The Morgan fingerprint density at radius 2 is 1.92 bits per heavy atom. The average Bonchev–Trinajstić information content (AvgIpc) is 2.88. The van der Waals surface area contributed by atoms with Gasteiger partial charge in [0, 0.05) is 42.0 Å². The van der Waals surface area contributed by atoms with Crippen molar-refractivity contribution in [2.75, 3.05) is 13.7 Å². The van der Waals surface area contributed by atoms with Crippen LogP contribution in [0.25, 0.3) is 0 Å². The number of carbonyl (C=O) groups is 3. The number of nitrogens with two attached hydrogens (primary N) is 1. The fourth-order valence-electron chi connectivity index (χ4n) is 5.68. The summed E-state index contributed by atoms with van der Waals surface area (Å²) in [5.41, 5.74) is 4.08. The van der Waals surface area contributed by atoms with Crippen molar-refractivity contribution in [1.29, 1.82) is 0 Å². The first-order chi connectivity index (χ1) is 18.0. The third-order valence-corrected chi connectivity index (χ3v) is 7.67. The molecular weight excluding hydrogens is 534 g/mol. The Labute approximate surface area is 229 Å². The number of hydrogen-bond acceptors (Lipinski definition) is 11. The molecule has 6 unspecified atom stereocenters. The van der Waals surface area contributed by atoms with Gasteiger partial charge in [-0.05, 0) is 24.6 Å². The van der Waals surface area contributed by atoms with E-state index in [1.54, 1.807) is 13.0 Å².